The topological polar surface area (TPSA) is 214 Å². The number of carbonyl (C=O) groups excluding carboxylic acids is 1. The van der Waals surface area contributed by atoms with Gasteiger partial charge >= 0.3 is 11.9 Å². The Balaban J connectivity index is 0.00000161. The zero-order valence-corrected chi connectivity index (χ0v) is 18.6. The van der Waals surface area contributed by atoms with Gasteiger partial charge in [0.05, 0.1) is 0 Å². The first-order valence-electron chi connectivity index (χ1n) is 8.58. The Bertz CT molecular complexity index is 943. The van der Waals surface area contributed by atoms with Crippen molar-refractivity contribution in [2.75, 3.05) is 11.5 Å². The van der Waals surface area contributed by atoms with Gasteiger partial charge in [-0.1, -0.05) is 11.7 Å². The molecule has 32 heavy (non-hydrogen) atoms. The predicted octanol–water partition coefficient (Wildman–Crippen LogP) is 0.279. The second-order valence-corrected chi connectivity index (χ2v) is 8.45. The first-order valence-corrected chi connectivity index (χ1v) is 10.5. The van der Waals surface area contributed by atoms with Crippen LogP contribution >= 0.6 is 23.1 Å². The standard InChI is InChI=1S/C16H19N5O6S2.CH2O2/c1-7-4-18-12(28-5-7)10(13(23)24)20-11(22)9(8-6-29-15(17)19-8)21-27-16(2,3)14(25)26;2-1-3/h4,6,10,12H,1,5H2,2-3H3,(H2,17,19)(H,20,22)(H,23,24)(H,25,26);1H,(H,2,3)/b21-9-;/t10-,12+;/m0./s1. The van der Waals surface area contributed by atoms with E-state index in [0.29, 0.717) is 5.75 Å². The minimum atomic E-state index is -1.73. The lowest BCUT2D eigenvalue weighted by atomic mass is 10.1. The second kappa shape index (κ2) is 11.8. The van der Waals surface area contributed by atoms with E-state index >= 15 is 0 Å². The number of oxime groups is 1. The van der Waals surface area contributed by atoms with Gasteiger partial charge in [-0.25, -0.2) is 14.6 Å². The molecule has 0 aromatic carbocycles. The van der Waals surface area contributed by atoms with Crippen LogP contribution in [0.3, 0.4) is 0 Å². The second-order valence-electron chi connectivity index (χ2n) is 6.45. The summed E-state index contributed by atoms with van der Waals surface area (Å²) in [5, 5.41) is 32.3. The third-order valence-corrected chi connectivity index (χ3v) is 5.49. The highest BCUT2D eigenvalue weighted by Gasteiger charge is 2.34. The molecule has 1 aliphatic rings. The van der Waals surface area contributed by atoms with Crippen LogP contribution in [0.25, 0.3) is 0 Å². The molecule has 13 nitrogen and oxygen atoms in total. The number of thioether (sulfide) groups is 1. The molecule has 2 atom stereocenters. The summed E-state index contributed by atoms with van der Waals surface area (Å²) in [4.78, 5) is 57.0. The molecule has 1 aromatic rings. The molecule has 1 amide bonds. The van der Waals surface area contributed by atoms with Gasteiger partial charge < -0.3 is 31.2 Å². The van der Waals surface area contributed by atoms with E-state index in [4.69, 9.17) is 25.6 Å². The molecule has 2 rings (SSSR count). The number of hydrogen-bond donors (Lipinski definition) is 5. The van der Waals surface area contributed by atoms with E-state index in [2.05, 4.69) is 27.0 Å². The maximum atomic E-state index is 12.8. The number of nitrogens with two attached hydrogens (primary N) is 1. The predicted molar refractivity (Wildman–Crippen MR) is 118 cm³/mol. The number of aliphatic imine (C=N–C) groups is 1. The van der Waals surface area contributed by atoms with Crippen LogP contribution in [-0.4, -0.2) is 79.3 Å². The lowest BCUT2D eigenvalue weighted by molar-refractivity contribution is -0.161. The molecular formula is C17H21N5O8S2. The minimum absolute atomic E-state index is 0.0171. The highest BCUT2D eigenvalue weighted by atomic mass is 32.2. The molecule has 1 aliphatic heterocycles. The summed E-state index contributed by atoms with van der Waals surface area (Å²) in [7, 11) is 0. The quantitative estimate of drug-likeness (QED) is 0.191. The monoisotopic (exact) mass is 487 g/mol. The summed E-state index contributed by atoms with van der Waals surface area (Å²) < 4.78 is 0. The van der Waals surface area contributed by atoms with E-state index in [1.807, 2.05) is 0 Å². The summed E-state index contributed by atoms with van der Waals surface area (Å²) >= 11 is 2.23. The van der Waals surface area contributed by atoms with Gasteiger partial charge in [-0.15, -0.1) is 23.1 Å². The van der Waals surface area contributed by atoms with E-state index < -0.39 is 40.6 Å². The summed E-state index contributed by atoms with van der Waals surface area (Å²) in [5.41, 5.74) is 4.19. The van der Waals surface area contributed by atoms with E-state index in [1.165, 1.54) is 37.2 Å². The van der Waals surface area contributed by atoms with Crippen molar-refractivity contribution in [3.05, 3.63) is 23.2 Å². The van der Waals surface area contributed by atoms with Crippen molar-refractivity contribution in [1.29, 1.82) is 0 Å². The summed E-state index contributed by atoms with van der Waals surface area (Å²) in [6.45, 7) is 5.97. The van der Waals surface area contributed by atoms with Crippen molar-refractivity contribution in [2.45, 2.75) is 30.9 Å². The largest absolute Gasteiger partial charge is 0.483 e. The average molecular weight is 488 g/mol. The molecule has 0 radical (unpaired) electrons. The van der Waals surface area contributed by atoms with Crippen LogP contribution < -0.4 is 11.1 Å². The number of aromatic nitrogens is 1. The van der Waals surface area contributed by atoms with Crippen molar-refractivity contribution >= 4 is 64.5 Å². The van der Waals surface area contributed by atoms with Crippen molar-refractivity contribution < 1.29 is 39.3 Å². The van der Waals surface area contributed by atoms with E-state index in [-0.39, 0.29) is 17.3 Å². The zero-order chi connectivity index (χ0) is 24.5. The van der Waals surface area contributed by atoms with Crippen LogP contribution in [0, 0.1) is 0 Å². The Morgan fingerprint density at radius 2 is 2.06 bits per heavy atom. The van der Waals surface area contributed by atoms with Crippen LogP contribution in [0.5, 0.6) is 0 Å². The number of anilines is 1. The van der Waals surface area contributed by atoms with Gasteiger partial charge in [0.2, 0.25) is 5.60 Å². The van der Waals surface area contributed by atoms with E-state index in [9.17, 15) is 19.5 Å². The van der Waals surface area contributed by atoms with E-state index in [1.54, 1.807) is 0 Å². The van der Waals surface area contributed by atoms with Crippen LogP contribution in [-0.2, 0) is 24.0 Å². The lowest BCUT2D eigenvalue weighted by Crippen LogP contribution is -2.50. The third kappa shape index (κ3) is 7.66. The molecule has 6 N–H and O–H groups in total. The van der Waals surface area contributed by atoms with Crippen molar-refractivity contribution in [3.8, 4) is 0 Å². The minimum Gasteiger partial charge on any atom is -0.483 e. The van der Waals surface area contributed by atoms with Gasteiger partial charge in [-0.2, -0.15) is 0 Å². The molecule has 0 spiro atoms. The highest BCUT2D eigenvalue weighted by molar-refractivity contribution is 8.00. The Hall–Kier alpha value is -3.46. The summed E-state index contributed by atoms with van der Waals surface area (Å²) in [6.07, 6.45) is 1.46. The average Bonchev–Trinajstić information content (AvgIpc) is 3.13. The van der Waals surface area contributed by atoms with Crippen LogP contribution in [0.2, 0.25) is 0 Å². The van der Waals surface area contributed by atoms with Crippen molar-refractivity contribution in [3.63, 3.8) is 0 Å². The number of thiazole rings is 1. The number of carbonyl (C=O) groups is 4. The van der Waals surface area contributed by atoms with Gasteiger partial charge in [0.25, 0.3) is 12.4 Å². The van der Waals surface area contributed by atoms with Crippen LogP contribution in [0.15, 0.2) is 27.7 Å². The Labute approximate surface area is 190 Å². The number of amides is 1. The molecule has 0 fully saturated rings. The van der Waals surface area contributed by atoms with Crippen molar-refractivity contribution in [1.82, 2.24) is 10.3 Å². The van der Waals surface area contributed by atoms with Gasteiger partial charge in [0, 0.05) is 17.3 Å². The van der Waals surface area contributed by atoms with Crippen molar-refractivity contribution in [2.24, 2.45) is 10.1 Å². The first kappa shape index (κ1) is 26.6. The highest BCUT2D eigenvalue weighted by Crippen LogP contribution is 2.23. The Morgan fingerprint density at radius 1 is 1.44 bits per heavy atom. The molecule has 15 heteroatoms. The summed E-state index contributed by atoms with van der Waals surface area (Å²) in [5.74, 6) is -3.07. The van der Waals surface area contributed by atoms with Gasteiger partial charge in [0.15, 0.2) is 16.9 Å². The van der Waals surface area contributed by atoms with Crippen LogP contribution in [0.1, 0.15) is 19.5 Å². The maximum Gasteiger partial charge on any atom is 0.350 e. The third-order valence-electron chi connectivity index (χ3n) is 3.54. The molecule has 0 saturated heterocycles. The smallest absolute Gasteiger partial charge is 0.350 e. The van der Waals surface area contributed by atoms with Crippen LogP contribution in [0.4, 0.5) is 5.13 Å². The zero-order valence-electron chi connectivity index (χ0n) is 16.9. The molecule has 0 aliphatic carbocycles. The van der Waals surface area contributed by atoms with Gasteiger partial charge in [-0.05, 0) is 19.4 Å². The number of nitrogens with zero attached hydrogens (tertiary/aromatic N) is 3. The Morgan fingerprint density at radius 3 is 2.50 bits per heavy atom. The fourth-order valence-electron chi connectivity index (χ4n) is 1.90. The lowest BCUT2D eigenvalue weighted by Gasteiger charge is -2.24. The van der Waals surface area contributed by atoms with E-state index in [0.717, 1.165) is 16.9 Å². The number of nitrogens with one attached hydrogen (secondary N) is 1. The number of carboxylic acids is 2. The summed E-state index contributed by atoms with van der Waals surface area (Å²) in [6, 6.07) is -1.37. The molecule has 174 valence electrons. The SMILES string of the molecule is C=C1C=N[C@@H]([C@H](NC(=O)/C(=N\OC(C)(C)C(=O)O)c2csc(N)n2)C(=O)O)SC1.O=CO. The molecule has 0 bridgehead atoms. The normalized spacial score (nSPS) is 16.9. The first-order chi connectivity index (χ1) is 14.9. The maximum absolute atomic E-state index is 12.8. The molecule has 0 unspecified atom stereocenters. The molecular weight excluding hydrogens is 466 g/mol. The number of hydrogen-bond acceptors (Lipinski definition) is 11. The fraction of sp³-hybridized carbons (Fsp3) is 0.353. The molecule has 2 heterocycles. The Kier molecular flexibility index (Phi) is 9.80. The fourth-order valence-corrected chi connectivity index (χ4v) is 3.43. The van der Waals surface area contributed by atoms with Gasteiger partial charge in [-0.3, -0.25) is 14.6 Å². The number of rotatable bonds is 8. The molecule has 1 aromatic heterocycles. The number of nitrogen functional groups attached to an aromatic ring is 1. The molecule has 0 saturated carbocycles. The number of carboxylic acid groups (broad SMARTS) is 3. The van der Waals surface area contributed by atoms with Gasteiger partial charge in [0.1, 0.15) is 11.1 Å². The number of aliphatic carboxylic acids is 2.